The quantitative estimate of drug-likeness (QED) is 0.769. The molecule has 0 amide bonds. The SMILES string of the molecule is Cc1cc(-c2ccc(CN3CCC(C)(CC#N)CC3)cc2)cs1. The molecule has 3 rings (SSSR count). The second-order valence-electron chi connectivity index (χ2n) is 7.06. The number of aryl methyl sites for hydroxylation is 1. The summed E-state index contributed by atoms with van der Waals surface area (Å²) in [5.41, 5.74) is 4.23. The fourth-order valence-corrected chi connectivity index (χ4v) is 3.99. The van der Waals surface area contributed by atoms with E-state index >= 15 is 0 Å². The molecule has 0 spiro atoms. The van der Waals surface area contributed by atoms with Crippen LogP contribution in [0.4, 0.5) is 0 Å². The molecule has 0 atom stereocenters. The van der Waals surface area contributed by atoms with Gasteiger partial charge in [-0.2, -0.15) is 5.26 Å². The van der Waals surface area contributed by atoms with E-state index in [2.05, 4.69) is 60.5 Å². The van der Waals surface area contributed by atoms with E-state index in [-0.39, 0.29) is 5.41 Å². The highest BCUT2D eigenvalue weighted by Crippen LogP contribution is 2.34. The van der Waals surface area contributed by atoms with E-state index in [0.717, 1.165) is 32.5 Å². The van der Waals surface area contributed by atoms with E-state index in [0.29, 0.717) is 6.42 Å². The molecule has 3 heteroatoms. The third-order valence-corrected chi connectivity index (χ3v) is 5.85. The second kappa shape index (κ2) is 6.86. The smallest absolute Gasteiger partial charge is 0.0627 e. The fraction of sp³-hybridized carbons (Fsp3) is 0.450. The minimum atomic E-state index is 0.228. The number of nitrogens with zero attached hydrogens (tertiary/aromatic N) is 2. The molecule has 2 aromatic rings. The molecule has 2 nitrogen and oxygen atoms in total. The molecule has 1 aliphatic heterocycles. The first-order chi connectivity index (χ1) is 11.1. The van der Waals surface area contributed by atoms with Gasteiger partial charge in [-0.3, -0.25) is 4.90 Å². The van der Waals surface area contributed by atoms with Gasteiger partial charge in [0.05, 0.1) is 6.07 Å². The Hall–Kier alpha value is -1.63. The maximum atomic E-state index is 8.94. The number of piperidine rings is 1. The highest BCUT2D eigenvalue weighted by atomic mass is 32.1. The summed E-state index contributed by atoms with van der Waals surface area (Å²) < 4.78 is 0. The fourth-order valence-electron chi connectivity index (χ4n) is 3.27. The Balaban J connectivity index is 1.58. The van der Waals surface area contributed by atoms with Gasteiger partial charge in [0.2, 0.25) is 0 Å². The Morgan fingerprint density at radius 3 is 2.43 bits per heavy atom. The Morgan fingerprint density at radius 1 is 1.17 bits per heavy atom. The summed E-state index contributed by atoms with van der Waals surface area (Å²) in [5.74, 6) is 0. The minimum Gasteiger partial charge on any atom is -0.299 e. The Bertz CT molecular complexity index is 685. The molecule has 1 aliphatic rings. The average Bonchev–Trinajstić information content (AvgIpc) is 2.97. The van der Waals surface area contributed by atoms with E-state index in [1.165, 1.54) is 21.6 Å². The topological polar surface area (TPSA) is 27.0 Å². The van der Waals surface area contributed by atoms with Crippen molar-refractivity contribution in [2.75, 3.05) is 13.1 Å². The van der Waals surface area contributed by atoms with Gasteiger partial charge in [-0.15, -0.1) is 11.3 Å². The normalized spacial score (nSPS) is 17.8. The van der Waals surface area contributed by atoms with E-state index in [9.17, 15) is 0 Å². The van der Waals surface area contributed by atoms with Crippen LogP contribution >= 0.6 is 11.3 Å². The largest absolute Gasteiger partial charge is 0.299 e. The van der Waals surface area contributed by atoms with Crippen molar-refractivity contribution < 1.29 is 0 Å². The number of benzene rings is 1. The molecule has 1 saturated heterocycles. The second-order valence-corrected chi connectivity index (χ2v) is 8.18. The molecule has 23 heavy (non-hydrogen) atoms. The first-order valence-electron chi connectivity index (χ1n) is 8.32. The third kappa shape index (κ3) is 4.02. The monoisotopic (exact) mass is 324 g/mol. The molecule has 0 N–H and O–H groups in total. The molecule has 0 aliphatic carbocycles. The van der Waals surface area contributed by atoms with Crippen LogP contribution in [0.3, 0.4) is 0 Å². The van der Waals surface area contributed by atoms with Gasteiger partial charge < -0.3 is 0 Å². The summed E-state index contributed by atoms with van der Waals surface area (Å²) in [5, 5.41) is 11.2. The summed E-state index contributed by atoms with van der Waals surface area (Å²) >= 11 is 1.80. The molecule has 1 aromatic heterocycles. The van der Waals surface area contributed by atoms with Gasteiger partial charge in [-0.25, -0.2) is 0 Å². The molecular weight excluding hydrogens is 300 g/mol. The molecule has 1 aromatic carbocycles. The van der Waals surface area contributed by atoms with Crippen LogP contribution in [0, 0.1) is 23.7 Å². The Labute approximate surface area is 143 Å². The zero-order chi connectivity index (χ0) is 16.3. The van der Waals surface area contributed by atoms with Crippen molar-refractivity contribution in [1.29, 1.82) is 5.26 Å². The standard InChI is InChI=1S/C20H24N2S/c1-16-13-19(15-23-16)18-5-3-17(4-6-18)14-22-11-8-20(2,7-10-21)9-12-22/h3-6,13,15H,7-9,11-12,14H2,1-2H3. The lowest BCUT2D eigenvalue weighted by atomic mass is 9.78. The Morgan fingerprint density at radius 2 is 1.87 bits per heavy atom. The zero-order valence-electron chi connectivity index (χ0n) is 14.0. The van der Waals surface area contributed by atoms with Gasteiger partial charge in [0.1, 0.15) is 0 Å². The lowest BCUT2D eigenvalue weighted by Gasteiger charge is -2.38. The molecule has 120 valence electrons. The molecule has 1 fully saturated rings. The van der Waals surface area contributed by atoms with E-state index in [1.807, 2.05) is 0 Å². The van der Waals surface area contributed by atoms with Gasteiger partial charge in [-0.1, -0.05) is 31.2 Å². The summed E-state index contributed by atoms with van der Waals surface area (Å²) in [4.78, 5) is 3.88. The molecule has 0 bridgehead atoms. The van der Waals surface area contributed by atoms with Gasteiger partial charge in [-0.05, 0) is 66.4 Å². The highest BCUT2D eigenvalue weighted by Gasteiger charge is 2.29. The summed E-state index contributed by atoms with van der Waals surface area (Å²) in [7, 11) is 0. The van der Waals surface area contributed by atoms with Crippen LogP contribution < -0.4 is 0 Å². The Kier molecular flexibility index (Phi) is 4.84. The van der Waals surface area contributed by atoms with Crippen LogP contribution in [0.25, 0.3) is 11.1 Å². The maximum absolute atomic E-state index is 8.94. The molecule has 0 saturated carbocycles. The maximum Gasteiger partial charge on any atom is 0.0627 e. The van der Waals surface area contributed by atoms with Gasteiger partial charge >= 0.3 is 0 Å². The van der Waals surface area contributed by atoms with E-state index < -0.39 is 0 Å². The lowest BCUT2D eigenvalue weighted by molar-refractivity contribution is 0.116. The van der Waals surface area contributed by atoms with Crippen molar-refractivity contribution >= 4 is 11.3 Å². The first kappa shape index (κ1) is 16.2. The van der Waals surface area contributed by atoms with E-state index in [4.69, 9.17) is 5.26 Å². The van der Waals surface area contributed by atoms with Crippen LogP contribution in [0.15, 0.2) is 35.7 Å². The van der Waals surface area contributed by atoms with Gasteiger partial charge in [0, 0.05) is 17.8 Å². The number of nitriles is 1. The number of rotatable bonds is 4. The van der Waals surface area contributed by atoms with Crippen LogP contribution in [-0.4, -0.2) is 18.0 Å². The number of hydrogen-bond acceptors (Lipinski definition) is 3. The molecular formula is C20H24N2S. The van der Waals surface area contributed by atoms with Crippen LogP contribution in [0.1, 0.15) is 36.6 Å². The van der Waals surface area contributed by atoms with Crippen molar-refractivity contribution in [1.82, 2.24) is 4.90 Å². The van der Waals surface area contributed by atoms with Crippen molar-refractivity contribution in [3.8, 4) is 17.2 Å². The predicted octanol–water partition coefficient (Wildman–Crippen LogP) is 5.24. The van der Waals surface area contributed by atoms with Crippen molar-refractivity contribution in [3.63, 3.8) is 0 Å². The number of likely N-dealkylation sites (tertiary alicyclic amines) is 1. The minimum absolute atomic E-state index is 0.228. The molecule has 0 unspecified atom stereocenters. The third-order valence-electron chi connectivity index (χ3n) is 4.99. The average molecular weight is 324 g/mol. The number of thiophene rings is 1. The lowest BCUT2D eigenvalue weighted by Crippen LogP contribution is -2.38. The number of hydrogen-bond donors (Lipinski definition) is 0. The summed E-state index contributed by atoms with van der Waals surface area (Å²) in [6.07, 6.45) is 2.95. The first-order valence-corrected chi connectivity index (χ1v) is 9.20. The van der Waals surface area contributed by atoms with Crippen molar-refractivity contribution in [2.24, 2.45) is 5.41 Å². The van der Waals surface area contributed by atoms with E-state index in [1.54, 1.807) is 11.3 Å². The summed E-state index contributed by atoms with van der Waals surface area (Å²) in [6.45, 7) is 7.63. The van der Waals surface area contributed by atoms with Crippen LogP contribution in [-0.2, 0) is 6.54 Å². The van der Waals surface area contributed by atoms with Crippen molar-refractivity contribution in [3.05, 3.63) is 46.2 Å². The van der Waals surface area contributed by atoms with Gasteiger partial charge in [0.15, 0.2) is 0 Å². The summed E-state index contributed by atoms with van der Waals surface area (Å²) in [6, 6.07) is 13.6. The van der Waals surface area contributed by atoms with Gasteiger partial charge in [0.25, 0.3) is 0 Å². The zero-order valence-corrected chi connectivity index (χ0v) is 14.8. The van der Waals surface area contributed by atoms with Crippen molar-refractivity contribution in [2.45, 2.75) is 39.7 Å². The highest BCUT2D eigenvalue weighted by molar-refractivity contribution is 7.10. The molecule has 0 radical (unpaired) electrons. The molecule has 2 heterocycles. The van der Waals surface area contributed by atoms with Crippen LogP contribution in [0.2, 0.25) is 0 Å². The predicted molar refractivity (Wildman–Crippen MR) is 97.3 cm³/mol. The van der Waals surface area contributed by atoms with Crippen LogP contribution in [0.5, 0.6) is 0 Å².